The van der Waals surface area contributed by atoms with Crippen molar-refractivity contribution in [2.45, 2.75) is 19.3 Å². The van der Waals surface area contributed by atoms with Gasteiger partial charge in [0.2, 0.25) is 0 Å². The van der Waals surface area contributed by atoms with E-state index in [9.17, 15) is 0 Å². The van der Waals surface area contributed by atoms with Crippen LogP contribution in [0.5, 0.6) is 0 Å². The number of fused-ring (bicyclic) bond motifs is 8. The summed E-state index contributed by atoms with van der Waals surface area (Å²) in [5, 5.41) is 10.0. The third kappa shape index (κ3) is 5.40. The Bertz CT molecular complexity index is 3010. The van der Waals surface area contributed by atoms with Crippen LogP contribution in [0.2, 0.25) is 0 Å². The second-order valence-corrected chi connectivity index (χ2v) is 15.8. The maximum atomic E-state index is 2.43. The summed E-state index contributed by atoms with van der Waals surface area (Å²) in [6, 6.07) is 75.8. The first-order chi connectivity index (χ1) is 28.0. The lowest BCUT2D eigenvalue weighted by molar-refractivity contribution is 0.632. The Hall–Kier alpha value is -7.16. The topological polar surface area (TPSA) is 6.48 Å². The fraction of sp³-hybridized carbons (Fsp3) is 0.0545. The fourth-order valence-corrected chi connectivity index (χ4v) is 9.30. The zero-order chi connectivity index (χ0) is 38.1. The molecule has 0 amide bonds. The SMILES string of the molecule is CC1(C)c2ccccc2N(c2cccc(-c3ccc(N(c4ccc5c(ccc6ccccc65)c4)c4ccc5c(ccc6ccccc65)c4)cc3)c2)c2ccccc21. The Morgan fingerprint density at radius 2 is 0.825 bits per heavy atom. The molecule has 1 heterocycles. The van der Waals surface area contributed by atoms with E-state index in [2.05, 4.69) is 230 Å². The zero-order valence-corrected chi connectivity index (χ0v) is 32.0. The van der Waals surface area contributed by atoms with Gasteiger partial charge in [0, 0.05) is 28.2 Å². The van der Waals surface area contributed by atoms with Gasteiger partial charge in [-0.2, -0.15) is 0 Å². The molecule has 1 aliphatic heterocycles. The first-order valence-electron chi connectivity index (χ1n) is 19.8. The minimum Gasteiger partial charge on any atom is -0.310 e. The van der Waals surface area contributed by atoms with Gasteiger partial charge < -0.3 is 9.80 Å². The third-order valence-corrected chi connectivity index (χ3v) is 12.2. The van der Waals surface area contributed by atoms with Crippen molar-refractivity contribution in [2.75, 3.05) is 9.80 Å². The van der Waals surface area contributed by atoms with E-state index in [4.69, 9.17) is 0 Å². The summed E-state index contributed by atoms with van der Waals surface area (Å²) in [7, 11) is 0. The summed E-state index contributed by atoms with van der Waals surface area (Å²) >= 11 is 0. The Balaban J connectivity index is 1.02. The average molecular weight is 729 g/mol. The molecule has 2 nitrogen and oxygen atoms in total. The highest BCUT2D eigenvalue weighted by molar-refractivity contribution is 6.10. The van der Waals surface area contributed by atoms with Gasteiger partial charge in [-0.25, -0.2) is 0 Å². The number of hydrogen-bond acceptors (Lipinski definition) is 2. The maximum Gasteiger partial charge on any atom is 0.0502 e. The van der Waals surface area contributed by atoms with Crippen LogP contribution in [0.15, 0.2) is 206 Å². The van der Waals surface area contributed by atoms with Crippen LogP contribution < -0.4 is 9.80 Å². The summed E-state index contributed by atoms with van der Waals surface area (Å²) in [6.07, 6.45) is 0. The first kappa shape index (κ1) is 33.2. The van der Waals surface area contributed by atoms with E-state index in [0.717, 1.165) is 22.7 Å². The normalized spacial score (nSPS) is 13.2. The highest BCUT2D eigenvalue weighted by Crippen LogP contribution is 2.52. The van der Waals surface area contributed by atoms with Crippen LogP contribution in [0.25, 0.3) is 54.2 Å². The smallest absolute Gasteiger partial charge is 0.0502 e. The molecular formula is C55H40N2. The Kier molecular flexibility index (Phi) is 7.55. The molecule has 0 radical (unpaired) electrons. The summed E-state index contributed by atoms with van der Waals surface area (Å²) in [5.41, 5.74) is 11.9. The van der Waals surface area contributed by atoms with E-state index in [-0.39, 0.29) is 5.41 Å². The van der Waals surface area contributed by atoms with Crippen LogP contribution in [0.3, 0.4) is 0 Å². The molecule has 10 aromatic carbocycles. The predicted octanol–water partition coefficient (Wildman–Crippen LogP) is 15.5. The van der Waals surface area contributed by atoms with E-state index >= 15 is 0 Å². The largest absolute Gasteiger partial charge is 0.310 e. The number of rotatable bonds is 5. The van der Waals surface area contributed by atoms with Gasteiger partial charge in [0.1, 0.15) is 0 Å². The monoisotopic (exact) mass is 728 g/mol. The summed E-state index contributed by atoms with van der Waals surface area (Å²) in [6.45, 7) is 4.67. The van der Waals surface area contributed by atoms with Crippen molar-refractivity contribution in [3.05, 3.63) is 217 Å². The molecule has 0 aliphatic carbocycles. The molecule has 0 atom stereocenters. The molecule has 0 bridgehead atoms. The number of hydrogen-bond donors (Lipinski definition) is 0. The quantitative estimate of drug-likeness (QED) is 0.163. The molecule has 57 heavy (non-hydrogen) atoms. The zero-order valence-electron chi connectivity index (χ0n) is 32.0. The Labute approximate surface area is 333 Å². The Morgan fingerprint density at radius 3 is 1.40 bits per heavy atom. The van der Waals surface area contributed by atoms with Gasteiger partial charge in [-0.05, 0) is 126 Å². The second-order valence-electron chi connectivity index (χ2n) is 15.8. The van der Waals surface area contributed by atoms with E-state index in [1.165, 1.54) is 76.7 Å². The van der Waals surface area contributed by atoms with Crippen LogP contribution >= 0.6 is 0 Å². The van der Waals surface area contributed by atoms with E-state index in [1.807, 2.05) is 0 Å². The van der Waals surface area contributed by atoms with Crippen molar-refractivity contribution in [2.24, 2.45) is 0 Å². The van der Waals surface area contributed by atoms with Gasteiger partial charge in [0.05, 0.1) is 11.4 Å². The lowest BCUT2D eigenvalue weighted by atomic mass is 9.73. The third-order valence-electron chi connectivity index (χ3n) is 12.2. The van der Waals surface area contributed by atoms with Crippen molar-refractivity contribution in [1.82, 2.24) is 0 Å². The van der Waals surface area contributed by atoms with Crippen molar-refractivity contribution < 1.29 is 0 Å². The van der Waals surface area contributed by atoms with Crippen LogP contribution in [0.1, 0.15) is 25.0 Å². The number of nitrogens with zero attached hydrogens (tertiary/aromatic N) is 2. The molecule has 0 unspecified atom stereocenters. The molecular weight excluding hydrogens is 689 g/mol. The van der Waals surface area contributed by atoms with Gasteiger partial charge in [-0.3, -0.25) is 0 Å². The Morgan fingerprint density at radius 1 is 0.351 bits per heavy atom. The van der Waals surface area contributed by atoms with Gasteiger partial charge in [-0.15, -0.1) is 0 Å². The first-order valence-corrected chi connectivity index (χ1v) is 19.8. The van der Waals surface area contributed by atoms with Gasteiger partial charge in [-0.1, -0.05) is 159 Å². The van der Waals surface area contributed by atoms with Crippen LogP contribution in [0, 0.1) is 0 Å². The molecule has 1 aliphatic rings. The molecule has 0 fully saturated rings. The molecule has 0 saturated carbocycles. The summed E-state index contributed by atoms with van der Waals surface area (Å²) < 4.78 is 0. The van der Waals surface area contributed by atoms with Gasteiger partial charge in [0.15, 0.2) is 0 Å². The van der Waals surface area contributed by atoms with Crippen LogP contribution in [-0.2, 0) is 5.41 Å². The van der Waals surface area contributed by atoms with Crippen molar-refractivity contribution >= 4 is 77.2 Å². The second kappa shape index (κ2) is 13.0. The highest BCUT2D eigenvalue weighted by Gasteiger charge is 2.36. The molecule has 2 heteroatoms. The van der Waals surface area contributed by atoms with Gasteiger partial charge in [0.25, 0.3) is 0 Å². The standard InChI is InChI=1S/C55H40N2/c1-55(2)51-18-7-9-20-53(51)57(54-21-10-8-19-52(54)55)44-15-11-14-40(34-44)37-26-28-43(29-27-37)56(45-30-32-49-41(35-45)24-22-38-12-3-5-16-47(38)49)46-31-33-50-42(36-46)25-23-39-13-4-6-17-48(39)50/h3-36H,1-2H3. The van der Waals surface area contributed by atoms with Crippen molar-refractivity contribution in [1.29, 1.82) is 0 Å². The number of benzene rings is 10. The van der Waals surface area contributed by atoms with E-state index < -0.39 is 0 Å². The molecule has 0 spiro atoms. The minimum atomic E-state index is -0.0966. The maximum absolute atomic E-state index is 2.43. The molecule has 0 aromatic heterocycles. The molecule has 10 aromatic rings. The molecule has 0 N–H and O–H groups in total. The van der Waals surface area contributed by atoms with Crippen molar-refractivity contribution in [3.63, 3.8) is 0 Å². The lowest BCUT2D eigenvalue weighted by Crippen LogP contribution is -2.30. The molecule has 270 valence electrons. The molecule has 0 saturated heterocycles. The fourth-order valence-electron chi connectivity index (χ4n) is 9.30. The lowest BCUT2D eigenvalue weighted by Gasteiger charge is -2.42. The number of anilines is 6. The minimum absolute atomic E-state index is 0.0966. The van der Waals surface area contributed by atoms with Crippen LogP contribution in [-0.4, -0.2) is 0 Å². The highest BCUT2D eigenvalue weighted by atomic mass is 15.2. The van der Waals surface area contributed by atoms with E-state index in [0.29, 0.717) is 0 Å². The summed E-state index contributed by atoms with van der Waals surface area (Å²) in [5.74, 6) is 0. The van der Waals surface area contributed by atoms with Crippen LogP contribution in [0.4, 0.5) is 34.1 Å². The van der Waals surface area contributed by atoms with Crippen molar-refractivity contribution in [3.8, 4) is 11.1 Å². The summed E-state index contributed by atoms with van der Waals surface area (Å²) in [4.78, 5) is 4.83. The average Bonchev–Trinajstić information content (AvgIpc) is 3.27. The predicted molar refractivity (Wildman–Crippen MR) is 243 cm³/mol. The van der Waals surface area contributed by atoms with E-state index in [1.54, 1.807) is 0 Å². The number of para-hydroxylation sites is 2. The molecule has 11 rings (SSSR count). The van der Waals surface area contributed by atoms with Gasteiger partial charge >= 0.3 is 0 Å².